The predicted molar refractivity (Wildman–Crippen MR) is 22.7 cm³/mol. The average molecular weight is 293 g/mol. The molecule has 6 nitrogen and oxygen atoms in total. The van der Waals surface area contributed by atoms with Gasteiger partial charge >= 0.3 is 22.4 Å². The molecular formula is H6AuN3O3. The fourth-order valence-corrected chi connectivity index (χ4v) is 0. The molecule has 7 heavy (non-hydrogen) atoms. The number of nitrogens with two attached hydrogens (primary N) is 3. The van der Waals surface area contributed by atoms with Gasteiger partial charge in [0.15, 0.2) is 0 Å². The molecule has 0 amide bonds. The minimum Gasteiger partial charge on any atom is -0.790 e. The van der Waals surface area contributed by atoms with Crippen molar-refractivity contribution in [3.63, 3.8) is 0 Å². The van der Waals surface area contributed by atoms with Crippen LogP contribution in [0.5, 0.6) is 0 Å². The SMILES string of the molecule is N[O-].N[O-].N[O-].[Au+3]. The second-order valence-electron chi connectivity index (χ2n) is 0. The van der Waals surface area contributed by atoms with E-state index in [0.29, 0.717) is 0 Å². The molecule has 0 aliphatic heterocycles. The smallest absolute Gasteiger partial charge is 0.790 e. The summed E-state index contributed by atoms with van der Waals surface area (Å²) in [7, 11) is 0. The number of hydrogen-bond acceptors (Lipinski definition) is 6. The first-order chi connectivity index (χ1) is 3.00. The third-order valence-corrected chi connectivity index (χ3v) is 0. The third-order valence-electron chi connectivity index (χ3n) is 0. The van der Waals surface area contributed by atoms with Crippen molar-refractivity contribution in [1.29, 1.82) is 0 Å². The molecular weight excluding hydrogens is 287 g/mol. The summed E-state index contributed by atoms with van der Waals surface area (Å²) < 4.78 is 0. The van der Waals surface area contributed by atoms with Gasteiger partial charge in [0.25, 0.3) is 0 Å². The van der Waals surface area contributed by atoms with Crippen LogP contribution in [0, 0.1) is 15.6 Å². The van der Waals surface area contributed by atoms with Gasteiger partial charge in [0.05, 0.1) is 0 Å². The minimum atomic E-state index is 0. The first-order valence-corrected chi connectivity index (χ1v) is 0.707. The molecule has 0 aromatic rings. The Morgan fingerprint density at radius 3 is 0.571 bits per heavy atom. The molecule has 6 N–H and O–H groups in total. The van der Waals surface area contributed by atoms with Crippen LogP contribution in [0.2, 0.25) is 0 Å². The summed E-state index contributed by atoms with van der Waals surface area (Å²) in [5.74, 6) is 9.75. The average Bonchev–Trinajstić information content (AvgIpc) is 1.81. The monoisotopic (exact) mass is 293 g/mol. The molecule has 0 aliphatic rings. The maximum atomic E-state index is 7.75. The maximum Gasteiger partial charge on any atom is 3.00 e. The summed E-state index contributed by atoms with van der Waals surface area (Å²) in [6.07, 6.45) is 0. The second-order valence-corrected chi connectivity index (χ2v) is 0. The molecule has 0 atom stereocenters. The van der Waals surface area contributed by atoms with Crippen LogP contribution in [0.15, 0.2) is 0 Å². The van der Waals surface area contributed by atoms with E-state index in [1.807, 2.05) is 0 Å². The molecule has 0 saturated carbocycles. The van der Waals surface area contributed by atoms with Gasteiger partial charge in [0.2, 0.25) is 0 Å². The van der Waals surface area contributed by atoms with E-state index in [0.717, 1.165) is 0 Å². The number of hydrogen-bond donors (Lipinski definition) is 3. The Morgan fingerprint density at radius 1 is 0.571 bits per heavy atom. The van der Waals surface area contributed by atoms with E-state index in [1.54, 1.807) is 0 Å². The predicted octanol–water partition coefficient (Wildman–Crippen LogP) is -1.67. The van der Waals surface area contributed by atoms with E-state index in [9.17, 15) is 0 Å². The van der Waals surface area contributed by atoms with Crippen LogP contribution >= 0.6 is 0 Å². The van der Waals surface area contributed by atoms with Crippen LogP contribution in [-0.2, 0) is 22.4 Å². The summed E-state index contributed by atoms with van der Waals surface area (Å²) in [6.45, 7) is 0. The topological polar surface area (TPSA) is 147 Å². The molecule has 0 unspecified atom stereocenters. The Morgan fingerprint density at radius 2 is 0.571 bits per heavy atom. The molecule has 0 radical (unpaired) electrons. The first-order valence-electron chi connectivity index (χ1n) is 0.707. The standard InChI is InChI=1S/Au.3H2NO/c;3*1-2/h;3*1H2/q+3;3*-1. The van der Waals surface area contributed by atoms with E-state index in [4.69, 9.17) is 15.6 Å². The van der Waals surface area contributed by atoms with Crippen LogP contribution in [-0.4, -0.2) is 0 Å². The fraction of sp³-hybridized carbons (Fsp3) is 0. The molecule has 50 valence electrons. The Kier molecular flexibility index (Phi) is 2900. The van der Waals surface area contributed by atoms with Crippen LogP contribution < -0.4 is 17.7 Å². The van der Waals surface area contributed by atoms with Crippen molar-refractivity contribution in [2.75, 3.05) is 0 Å². The van der Waals surface area contributed by atoms with Crippen molar-refractivity contribution in [3.05, 3.63) is 15.6 Å². The first kappa shape index (κ1) is 25.9. The van der Waals surface area contributed by atoms with Gasteiger partial charge in [-0.2, -0.15) is 0 Å². The Bertz CT molecular complexity index is 10.1. The van der Waals surface area contributed by atoms with E-state index < -0.39 is 0 Å². The summed E-state index contributed by atoms with van der Waals surface area (Å²) >= 11 is 0. The Balaban J connectivity index is -0.00000000900. The van der Waals surface area contributed by atoms with Crippen molar-refractivity contribution >= 4 is 0 Å². The van der Waals surface area contributed by atoms with Gasteiger partial charge in [-0.25, -0.2) is 0 Å². The molecule has 0 spiro atoms. The number of rotatable bonds is 0. The van der Waals surface area contributed by atoms with Gasteiger partial charge in [-0.1, -0.05) is 0 Å². The zero-order valence-corrected chi connectivity index (χ0v) is 5.42. The van der Waals surface area contributed by atoms with Gasteiger partial charge in [0, 0.05) is 0 Å². The zero-order valence-electron chi connectivity index (χ0n) is 3.26. The summed E-state index contributed by atoms with van der Waals surface area (Å²) in [5, 5.41) is 23.2. The van der Waals surface area contributed by atoms with Crippen LogP contribution in [0.3, 0.4) is 0 Å². The largest absolute Gasteiger partial charge is 3.00 e. The molecule has 0 fully saturated rings. The van der Waals surface area contributed by atoms with Crippen molar-refractivity contribution in [3.8, 4) is 0 Å². The van der Waals surface area contributed by atoms with E-state index in [-0.39, 0.29) is 22.4 Å². The van der Waals surface area contributed by atoms with Crippen LogP contribution in [0.4, 0.5) is 0 Å². The van der Waals surface area contributed by atoms with Gasteiger partial charge in [0.1, 0.15) is 0 Å². The summed E-state index contributed by atoms with van der Waals surface area (Å²) in [4.78, 5) is 0. The van der Waals surface area contributed by atoms with Gasteiger partial charge in [-0.3, -0.25) is 0 Å². The molecule has 0 aromatic heterocycles. The Labute approximate surface area is 56.3 Å². The van der Waals surface area contributed by atoms with Gasteiger partial charge in [-0.15, -0.1) is 0 Å². The van der Waals surface area contributed by atoms with Crippen LogP contribution in [0.1, 0.15) is 0 Å². The van der Waals surface area contributed by atoms with E-state index >= 15 is 0 Å². The molecule has 0 rings (SSSR count). The zero-order chi connectivity index (χ0) is 6.00. The van der Waals surface area contributed by atoms with E-state index in [2.05, 4.69) is 17.7 Å². The quantitative estimate of drug-likeness (QED) is 0.359. The van der Waals surface area contributed by atoms with Crippen molar-refractivity contribution in [2.45, 2.75) is 0 Å². The fourth-order valence-electron chi connectivity index (χ4n) is 0. The molecule has 0 bridgehead atoms. The molecule has 0 aliphatic carbocycles. The van der Waals surface area contributed by atoms with Gasteiger partial charge in [-0.05, 0) is 0 Å². The van der Waals surface area contributed by atoms with E-state index in [1.165, 1.54) is 0 Å². The molecule has 0 heterocycles. The Hall–Kier alpha value is 0.500. The maximum absolute atomic E-state index is 7.75. The minimum absolute atomic E-state index is 0. The molecule has 0 saturated heterocycles. The van der Waals surface area contributed by atoms with Gasteiger partial charge < -0.3 is 33.3 Å². The molecule has 0 aromatic carbocycles. The van der Waals surface area contributed by atoms with Crippen molar-refractivity contribution in [1.82, 2.24) is 0 Å². The third kappa shape index (κ3) is 526. The van der Waals surface area contributed by atoms with Crippen molar-refractivity contribution < 1.29 is 22.4 Å². The summed E-state index contributed by atoms with van der Waals surface area (Å²) in [5.41, 5.74) is 0. The van der Waals surface area contributed by atoms with Crippen LogP contribution in [0.25, 0.3) is 0 Å². The summed E-state index contributed by atoms with van der Waals surface area (Å²) in [6, 6.07) is 0. The molecule has 7 heteroatoms. The van der Waals surface area contributed by atoms with Crippen molar-refractivity contribution in [2.24, 2.45) is 17.7 Å². The normalized spacial score (nSPS) is 2.57. The second kappa shape index (κ2) is 786.